The minimum Gasteiger partial charge on any atom is -0.494 e. The fourth-order valence-electron chi connectivity index (χ4n) is 4.32. The number of anilines is 2. The van der Waals surface area contributed by atoms with E-state index >= 15 is 0 Å². The van der Waals surface area contributed by atoms with E-state index in [-0.39, 0.29) is 22.4 Å². The molecule has 0 aliphatic carbocycles. The van der Waals surface area contributed by atoms with Crippen LogP contribution in [0.3, 0.4) is 0 Å². The summed E-state index contributed by atoms with van der Waals surface area (Å²) < 4.78 is 5.81. The van der Waals surface area contributed by atoms with Crippen LogP contribution in [0.5, 0.6) is 5.75 Å². The molecule has 1 saturated heterocycles. The van der Waals surface area contributed by atoms with Crippen molar-refractivity contribution in [1.82, 2.24) is 5.32 Å². The lowest BCUT2D eigenvalue weighted by atomic mass is 10.0. The average Bonchev–Trinajstić information content (AvgIpc) is 3.27. The highest BCUT2D eigenvalue weighted by Crippen LogP contribution is 2.27. The predicted molar refractivity (Wildman–Crippen MR) is 159 cm³/mol. The van der Waals surface area contributed by atoms with Crippen LogP contribution in [-0.2, 0) is 11.2 Å². The fourth-order valence-corrected chi connectivity index (χ4v) is 5.18. The third kappa shape index (κ3) is 8.10. The topological polar surface area (TPSA) is 87.7 Å². The number of benzene rings is 3. The Balaban J connectivity index is 1.31. The molecule has 7 nitrogen and oxygen atoms in total. The van der Waals surface area contributed by atoms with E-state index in [1.54, 1.807) is 11.9 Å². The van der Waals surface area contributed by atoms with Gasteiger partial charge < -0.3 is 10.1 Å². The molecule has 4 rings (SSSR count). The first kappa shape index (κ1) is 28.2. The molecule has 0 radical (unpaired) electrons. The molecular weight excluding hydrogens is 510 g/mol. The maximum absolute atomic E-state index is 12.9. The van der Waals surface area contributed by atoms with Crippen molar-refractivity contribution >= 4 is 40.3 Å². The number of amides is 4. The zero-order chi connectivity index (χ0) is 27.6. The van der Waals surface area contributed by atoms with E-state index in [2.05, 4.69) is 17.6 Å². The van der Waals surface area contributed by atoms with Gasteiger partial charge >= 0.3 is 6.03 Å². The maximum Gasteiger partial charge on any atom is 0.326 e. The van der Waals surface area contributed by atoms with Crippen LogP contribution in [-0.4, -0.2) is 36.1 Å². The number of thioether (sulfide) groups is 1. The summed E-state index contributed by atoms with van der Waals surface area (Å²) in [6.45, 7) is 2.91. The number of hydrogen-bond donors (Lipinski definition) is 2. The van der Waals surface area contributed by atoms with Crippen LogP contribution >= 0.6 is 11.8 Å². The number of urea groups is 1. The SMILES string of the molecule is CCCCCCCOc1ccc(NC(=O)N(C)c2cccc(-c3ccc(CC4SC(=O)NC4=O)cc3)c2)cc1. The van der Waals surface area contributed by atoms with Gasteiger partial charge in [0.2, 0.25) is 5.91 Å². The quantitative estimate of drug-likeness (QED) is 0.234. The van der Waals surface area contributed by atoms with Crippen LogP contribution in [0.15, 0.2) is 72.8 Å². The molecule has 0 aromatic heterocycles. The maximum atomic E-state index is 12.9. The molecule has 4 amide bonds. The van der Waals surface area contributed by atoms with Gasteiger partial charge in [-0.15, -0.1) is 0 Å². The van der Waals surface area contributed by atoms with Crippen LogP contribution in [0.1, 0.15) is 44.6 Å². The molecule has 0 bridgehead atoms. The van der Waals surface area contributed by atoms with Gasteiger partial charge in [0.25, 0.3) is 5.24 Å². The largest absolute Gasteiger partial charge is 0.494 e. The van der Waals surface area contributed by atoms with E-state index in [4.69, 9.17) is 4.74 Å². The second-order valence-electron chi connectivity index (χ2n) is 9.61. The van der Waals surface area contributed by atoms with Crippen molar-refractivity contribution in [1.29, 1.82) is 0 Å². The van der Waals surface area contributed by atoms with Crippen molar-refractivity contribution in [2.24, 2.45) is 0 Å². The third-order valence-electron chi connectivity index (χ3n) is 6.64. The van der Waals surface area contributed by atoms with Crippen molar-refractivity contribution in [2.75, 3.05) is 23.9 Å². The number of rotatable bonds is 12. The van der Waals surface area contributed by atoms with E-state index in [9.17, 15) is 14.4 Å². The summed E-state index contributed by atoms with van der Waals surface area (Å²) >= 11 is 1.03. The zero-order valence-corrected chi connectivity index (χ0v) is 23.3. The Morgan fingerprint density at radius 3 is 2.38 bits per heavy atom. The van der Waals surface area contributed by atoms with E-state index in [0.717, 1.165) is 46.3 Å². The Morgan fingerprint density at radius 2 is 1.69 bits per heavy atom. The van der Waals surface area contributed by atoms with Crippen LogP contribution < -0.4 is 20.3 Å². The number of nitrogens with one attached hydrogen (secondary N) is 2. The van der Waals surface area contributed by atoms with E-state index < -0.39 is 0 Å². The second-order valence-corrected chi connectivity index (χ2v) is 10.8. The van der Waals surface area contributed by atoms with Crippen LogP contribution in [0.2, 0.25) is 0 Å². The molecule has 0 saturated carbocycles. The molecule has 1 fully saturated rings. The smallest absolute Gasteiger partial charge is 0.326 e. The number of unbranched alkanes of at least 4 members (excludes halogenated alkanes) is 4. The molecule has 1 aliphatic rings. The molecular formula is C31H35N3O4S. The zero-order valence-electron chi connectivity index (χ0n) is 22.4. The summed E-state index contributed by atoms with van der Waals surface area (Å²) in [5.41, 5.74) is 4.41. The van der Waals surface area contributed by atoms with Gasteiger partial charge in [-0.3, -0.25) is 19.8 Å². The summed E-state index contributed by atoms with van der Waals surface area (Å²) in [6, 6.07) is 22.9. The second kappa shape index (κ2) is 13.8. The lowest BCUT2D eigenvalue weighted by Crippen LogP contribution is -2.31. The normalized spacial score (nSPS) is 14.7. The molecule has 3 aromatic carbocycles. The number of imide groups is 1. The third-order valence-corrected chi connectivity index (χ3v) is 7.62. The Morgan fingerprint density at radius 1 is 0.949 bits per heavy atom. The Bertz CT molecular complexity index is 1280. The predicted octanol–water partition coefficient (Wildman–Crippen LogP) is 7.27. The van der Waals surface area contributed by atoms with E-state index in [1.807, 2.05) is 72.8 Å². The molecule has 0 spiro atoms. The first-order valence-corrected chi connectivity index (χ1v) is 14.3. The Labute approximate surface area is 234 Å². The summed E-state index contributed by atoms with van der Waals surface area (Å²) in [5, 5.41) is 4.59. The number of nitrogens with zero attached hydrogens (tertiary/aromatic N) is 1. The highest BCUT2D eigenvalue weighted by Gasteiger charge is 2.31. The summed E-state index contributed by atoms with van der Waals surface area (Å²) in [5.74, 6) is 0.565. The van der Waals surface area contributed by atoms with E-state index in [1.165, 1.54) is 25.7 Å². The number of ether oxygens (including phenoxy) is 1. The Kier molecular flexibility index (Phi) is 10.0. The summed E-state index contributed by atoms with van der Waals surface area (Å²) in [4.78, 5) is 37.8. The molecule has 3 aromatic rings. The standard InChI is InChI=1S/C31H35N3O4S/c1-3-4-5-6-7-19-38-27-17-15-25(16-18-27)32-30(36)34(2)26-10-8-9-24(21-26)23-13-11-22(12-14-23)20-28-29(35)33-31(37)39-28/h8-18,21,28H,3-7,19-20H2,1-2H3,(H,32,36)(H,33,35,37). The molecule has 1 unspecified atom stereocenters. The van der Waals surface area contributed by atoms with Crippen LogP contribution in [0.25, 0.3) is 11.1 Å². The van der Waals surface area contributed by atoms with Gasteiger partial charge in [0, 0.05) is 18.4 Å². The number of carbonyl (C=O) groups excluding carboxylic acids is 3. The molecule has 8 heteroatoms. The van der Waals surface area contributed by atoms with Crippen LogP contribution in [0.4, 0.5) is 21.0 Å². The molecule has 1 heterocycles. The average molecular weight is 546 g/mol. The van der Waals surface area contributed by atoms with Gasteiger partial charge in [0.05, 0.1) is 11.9 Å². The number of carbonyl (C=O) groups is 3. The molecule has 204 valence electrons. The van der Waals surface area contributed by atoms with Crippen molar-refractivity contribution < 1.29 is 19.1 Å². The van der Waals surface area contributed by atoms with Gasteiger partial charge in [-0.1, -0.05) is 80.8 Å². The van der Waals surface area contributed by atoms with Gasteiger partial charge in [0.1, 0.15) is 5.75 Å². The molecule has 1 atom stereocenters. The van der Waals surface area contributed by atoms with Gasteiger partial charge in [-0.05, 0) is 65.9 Å². The van der Waals surface area contributed by atoms with Crippen LogP contribution in [0, 0.1) is 0 Å². The van der Waals surface area contributed by atoms with Crippen molar-refractivity contribution in [3.05, 3.63) is 78.4 Å². The number of hydrogen-bond acceptors (Lipinski definition) is 5. The lowest BCUT2D eigenvalue weighted by Gasteiger charge is -2.19. The first-order valence-electron chi connectivity index (χ1n) is 13.4. The molecule has 39 heavy (non-hydrogen) atoms. The summed E-state index contributed by atoms with van der Waals surface area (Å²) in [6.07, 6.45) is 6.48. The van der Waals surface area contributed by atoms with Gasteiger partial charge in [-0.25, -0.2) is 4.79 Å². The first-order chi connectivity index (χ1) is 18.9. The highest BCUT2D eigenvalue weighted by atomic mass is 32.2. The van der Waals surface area contributed by atoms with E-state index in [0.29, 0.717) is 18.7 Å². The Hall–Kier alpha value is -3.78. The van der Waals surface area contributed by atoms with Gasteiger partial charge in [0.15, 0.2) is 0 Å². The summed E-state index contributed by atoms with van der Waals surface area (Å²) in [7, 11) is 1.74. The fraction of sp³-hybridized carbons (Fsp3) is 0.323. The van der Waals surface area contributed by atoms with Gasteiger partial charge in [-0.2, -0.15) is 0 Å². The molecule has 2 N–H and O–H groups in total. The monoisotopic (exact) mass is 545 g/mol. The van der Waals surface area contributed by atoms with Crippen molar-refractivity contribution in [3.63, 3.8) is 0 Å². The van der Waals surface area contributed by atoms with Crippen molar-refractivity contribution in [3.8, 4) is 16.9 Å². The minimum atomic E-state index is -0.386. The lowest BCUT2D eigenvalue weighted by molar-refractivity contribution is -0.118. The molecule has 1 aliphatic heterocycles. The minimum absolute atomic E-state index is 0.236. The van der Waals surface area contributed by atoms with Crippen molar-refractivity contribution in [2.45, 2.75) is 50.7 Å². The highest BCUT2D eigenvalue weighted by molar-refractivity contribution is 8.15.